The molecule has 0 amide bonds. The summed E-state index contributed by atoms with van der Waals surface area (Å²) in [5, 5.41) is 12.6. The topological polar surface area (TPSA) is 35.8 Å². The highest BCUT2D eigenvalue weighted by Gasteiger charge is 2.39. The fraction of sp³-hybridized carbons (Fsp3) is 0.133. The second kappa shape index (κ2) is 4.40. The van der Waals surface area contributed by atoms with E-state index in [1.54, 1.807) is 11.8 Å². The lowest BCUT2D eigenvalue weighted by molar-refractivity contribution is 0.743. The smallest absolute Gasteiger partial charge is 0.127 e. The van der Waals surface area contributed by atoms with Crippen molar-refractivity contribution in [3.63, 3.8) is 0 Å². The van der Waals surface area contributed by atoms with Crippen LogP contribution in [0.15, 0.2) is 59.5 Å². The van der Waals surface area contributed by atoms with Gasteiger partial charge in [0.05, 0.1) is 12.5 Å². The van der Waals surface area contributed by atoms with Crippen LogP contribution in [0.4, 0.5) is 5.69 Å². The maximum absolute atomic E-state index is 9.13. The first-order valence-electron chi connectivity index (χ1n) is 5.83. The molecule has 1 N–H and O–H groups in total. The predicted molar refractivity (Wildman–Crippen MR) is 74.3 cm³/mol. The molecule has 18 heavy (non-hydrogen) atoms. The normalized spacial score (nSPS) is 20.8. The SMILES string of the molecule is N#CCC1(c2ccccc2)Nc2ccccc2S1. The lowest BCUT2D eigenvalue weighted by Gasteiger charge is -2.27. The fourth-order valence-electron chi connectivity index (χ4n) is 2.22. The molecule has 2 aromatic carbocycles. The van der Waals surface area contributed by atoms with Crippen molar-refractivity contribution in [3.8, 4) is 6.07 Å². The quantitative estimate of drug-likeness (QED) is 0.878. The third-order valence-corrected chi connectivity index (χ3v) is 4.48. The van der Waals surface area contributed by atoms with Crippen LogP contribution < -0.4 is 5.32 Å². The number of hydrogen-bond donors (Lipinski definition) is 1. The van der Waals surface area contributed by atoms with Crippen LogP contribution in [0.3, 0.4) is 0 Å². The average Bonchev–Trinajstić information content (AvgIpc) is 2.79. The number of para-hydroxylation sites is 1. The average molecular weight is 252 g/mol. The molecule has 0 radical (unpaired) electrons. The first-order valence-corrected chi connectivity index (χ1v) is 6.64. The largest absolute Gasteiger partial charge is 0.365 e. The molecule has 3 rings (SSSR count). The molecule has 1 aliphatic rings. The van der Waals surface area contributed by atoms with E-state index in [9.17, 15) is 0 Å². The summed E-state index contributed by atoms with van der Waals surface area (Å²) in [6.07, 6.45) is 0.441. The summed E-state index contributed by atoms with van der Waals surface area (Å²) in [5.74, 6) is 0. The summed E-state index contributed by atoms with van der Waals surface area (Å²) in [6.45, 7) is 0. The van der Waals surface area contributed by atoms with Gasteiger partial charge in [-0.25, -0.2) is 0 Å². The number of nitrogens with one attached hydrogen (secondary N) is 1. The Labute approximate surface area is 111 Å². The van der Waals surface area contributed by atoms with Gasteiger partial charge in [-0.2, -0.15) is 5.26 Å². The van der Waals surface area contributed by atoms with E-state index in [1.807, 2.05) is 30.3 Å². The van der Waals surface area contributed by atoms with Crippen LogP contribution in [0.5, 0.6) is 0 Å². The van der Waals surface area contributed by atoms with Crippen LogP contribution in [-0.4, -0.2) is 0 Å². The van der Waals surface area contributed by atoms with E-state index in [2.05, 4.69) is 35.7 Å². The zero-order valence-electron chi connectivity index (χ0n) is 9.76. The summed E-state index contributed by atoms with van der Waals surface area (Å²) in [5.41, 5.74) is 2.26. The summed E-state index contributed by atoms with van der Waals surface area (Å²) in [6, 6.07) is 20.7. The minimum absolute atomic E-state index is 0.348. The monoisotopic (exact) mass is 252 g/mol. The molecule has 1 atom stereocenters. The molecule has 1 heterocycles. The van der Waals surface area contributed by atoms with Gasteiger partial charge in [0, 0.05) is 10.6 Å². The Kier molecular flexibility index (Phi) is 2.73. The second-order valence-corrected chi connectivity index (χ2v) is 5.59. The van der Waals surface area contributed by atoms with Gasteiger partial charge in [-0.05, 0) is 17.7 Å². The number of rotatable bonds is 2. The Morgan fingerprint density at radius 2 is 1.78 bits per heavy atom. The number of nitrogens with zero attached hydrogens (tertiary/aromatic N) is 1. The molecular formula is C15H12N2S. The minimum Gasteiger partial charge on any atom is -0.365 e. The van der Waals surface area contributed by atoms with Crippen LogP contribution in [0.1, 0.15) is 12.0 Å². The highest BCUT2D eigenvalue weighted by Crippen LogP contribution is 2.52. The number of hydrogen-bond acceptors (Lipinski definition) is 3. The molecule has 0 saturated carbocycles. The number of nitriles is 1. The summed E-state index contributed by atoms with van der Waals surface area (Å²) >= 11 is 1.73. The van der Waals surface area contributed by atoms with Crippen molar-refractivity contribution in [2.45, 2.75) is 16.2 Å². The van der Waals surface area contributed by atoms with Gasteiger partial charge in [0.25, 0.3) is 0 Å². The minimum atomic E-state index is -0.348. The van der Waals surface area contributed by atoms with Crippen molar-refractivity contribution in [1.82, 2.24) is 0 Å². The number of anilines is 1. The van der Waals surface area contributed by atoms with Crippen molar-refractivity contribution >= 4 is 17.4 Å². The zero-order valence-corrected chi connectivity index (χ0v) is 10.6. The maximum atomic E-state index is 9.13. The van der Waals surface area contributed by atoms with E-state index < -0.39 is 0 Å². The standard InChI is InChI=1S/C15H12N2S/c16-11-10-15(12-6-2-1-3-7-12)17-13-8-4-5-9-14(13)18-15/h1-9,17H,10H2. The Balaban J connectivity index is 2.05. The molecule has 0 fully saturated rings. The van der Waals surface area contributed by atoms with Crippen LogP contribution in [0.2, 0.25) is 0 Å². The van der Waals surface area contributed by atoms with Crippen LogP contribution >= 0.6 is 11.8 Å². The Morgan fingerprint density at radius 1 is 1.06 bits per heavy atom. The highest BCUT2D eigenvalue weighted by molar-refractivity contribution is 8.00. The molecule has 0 saturated heterocycles. The molecule has 0 spiro atoms. The van der Waals surface area contributed by atoms with Crippen molar-refractivity contribution in [1.29, 1.82) is 5.26 Å². The third kappa shape index (κ3) is 1.75. The number of benzene rings is 2. The first-order chi connectivity index (χ1) is 8.84. The predicted octanol–water partition coefficient (Wildman–Crippen LogP) is 3.97. The van der Waals surface area contributed by atoms with Gasteiger partial charge in [-0.3, -0.25) is 0 Å². The zero-order chi connectivity index (χ0) is 12.4. The summed E-state index contributed by atoms with van der Waals surface area (Å²) in [7, 11) is 0. The molecule has 1 aliphatic heterocycles. The third-order valence-electron chi connectivity index (χ3n) is 3.08. The van der Waals surface area contributed by atoms with E-state index in [1.165, 1.54) is 4.90 Å². The molecule has 1 unspecified atom stereocenters. The van der Waals surface area contributed by atoms with E-state index in [0.29, 0.717) is 6.42 Å². The highest BCUT2D eigenvalue weighted by atomic mass is 32.2. The van der Waals surface area contributed by atoms with Gasteiger partial charge in [-0.1, -0.05) is 54.2 Å². The molecule has 0 bridgehead atoms. The Bertz CT molecular complexity index is 576. The molecule has 2 nitrogen and oxygen atoms in total. The lowest BCUT2D eigenvalue weighted by Crippen LogP contribution is -2.27. The van der Waals surface area contributed by atoms with E-state index >= 15 is 0 Å². The van der Waals surface area contributed by atoms with E-state index in [4.69, 9.17) is 5.26 Å². The van der Waals surface area contributed by atoms with Crippen molar-refractivity contribution in [2.24, 2.45) is 0 Å². The first kappa shape index (κ1) is 11.2. The van der Waals surface area contributed by atoms with Crippen molar-refractivity contribution < 1.29 is 0 Å². The molecule has 3 heteroatoms. The molecule has 88 valence electrons. The molecule has 2 aromatic rings. The van der Waals surface area contributed by atoms with Crippen LogP contribution in [0.25, 0.3) is 0 Å². The Hall–Kier alpha value is -1.92. The fourth-order valence-corrected chi connectivity index (χ4v) is 3.52. The van der Waals surface area contributed by atoms with Crippen LogP contribution in [0, 0.1) is 11.3 Å². The van der Waals surface area contributed by atoms with Crippen molar-refractivity contribution in [2.75, 3.05) is 5.32 Å². The van der Waals surface area contributed by atoms with E-state index in [-0.39, 0.29) is 4.87 Å². The summed E-state index contributed by atoms with van der Waals surface area (Å²) in [4.78, 5) is 0.858. The van der Waals surface area contributed by atoms with Gasteiger partial charge >= 0.3 is 0 Å². The maximum Gasteiger partial charge on any atom is 0.127 e. The van der Waals surface area contributed by atoms with Crippen molar-refractivity contribution in [3.05, 3.63) is 60.2 Å². The van der Waals surface area contributed by atoms with Gasteiger partial charge in [0.2, 0.25) is 0 Å². The van der Waals surface area contributed by atoms with Gasteiger partial charge in [0.1, 0.15) is 4.87 Å². The van der Waals surface area contributed by atoms with Gasteiger partial charge in [-0.15, -0.1) is 0 Å². The van der Waals surface area contributed by atoms with Gasteiger partial charge < -0.3 is 5.32 Å². The van der Waals surface area contributed by atoms with Crippen LogP contribution in [-0.2, 0) is 4.87 Å². The summed E-state index contributed by atoms with van der Waals surface area (Å²) < 4.78 is 0. The molecule has 0 aromatic heterocycles. The Morgan fingerprint density at radius 3 is 2.50 bits per heavy atom. The second-order valence-electron chi connectivity index (χ2n) is 4.25. The lowest BCUT2D eigenvalue weighted by atomic mass is 10.0. The van der Waals surface area contributed by atoms with E-state index in [0.717, 1.165) is 11.3 Å². The molecular weight excluding hydrogens is 240 g/mol. The molecule has 0 aliphatic carbocycles. The number of thioether (sulfide) groups is 1. The number of fused-ring (bicyclic) bond motifs is 1. The van der Waals surface area contributed by atoms with Gasteiger partial charge in [0.15, 0.2) is 0 Å².